The average Bonchev–Trinajstić information content (AvgIpc) is 2.43. The normalized spacial score (nSPS) is 10.4. The molecule has 5 heteroatoms. The first kappa shape index (κ1) is 14.5. The van der Waals surface area contributed by atoms with Crippen molar-refractivity contribution in [3.05, 3.63) is 52.8 Å². The molecule has 0 aliphatic carbocycles. The zero-order valence-corrected chi connectivity index (χ0v) is 12.0. The first-order valence-electron chi connectivity index (χ1n) is 6.03. The van der Waals surface area contributed by atoms with E-state index in [2.05, 4.69) is 0 Å². The molecule has 20 heavy (non-hydrogen) atoms. The van der Waals surface area contributed by atoms with Crippen LogP contribution in [0.5, 0.6) is 11.5 Å². The lowest BCUT2D eigenvalue weighted by molar-refractivity contribution is 0.373. The highest BCUT2D eigenvalue weighted by Crippen LogP contribution is 2.35. The van der Waals surface area contributed by atoms with Gasteiger partial charge in [-0.25, -0.2) is 4.39 Å². The SMILES string of the molecule is COc1cc(CN(C)c2ccc(F)cc2)cc(Cl)c1O. The van der Waals surface area contributed by atoms with Gasteiger partial charge in [0.05, 0.1) is 12.1 Å². The number of phenols is 1. The van der Waals surface area contributed by atoms with Crippen LogP contribution >= 0.6 is 11.6 Å². The van der Waals surface area contributed by atoms with Crippen molar-refractivity contribution < 1.29 is 14.2 Å². The quantitative estimate of drug-likeness (QED) is 0.930. The fraction of sp³-hybridized carbons (Fsp3) is 0.200. The van der Waals surface area contributed by atoms with E-state index in [1.165, 1.54) is 19.2 Å². The fourth-order valence-electron chi connectivity index (χ4n) is 1.93. The van der Waals surface area contributed by atoms with Gasteiger partial charge in [0.25, 0.3) is 0 Å². The molecule has 0 radical (unpaired) electrons. The molecule has 0 heterocycles. The smallest absolute Gasteiger partial charge is 0.176 e. The van der Waals surface area contributed by atoms with E-state index in [4.69, 9.17) is 16.3 Å². The molecule has 0 fully saturated rings. The topological polar surface area (TPSA) is 32.7 Å². The van der Waals surface area contributed by atoms with Crippen molar-refractivity contribution >= 4 is 17.3 Å². The van der Waals surface area contributed by atoms with E-state index in [0.717, 1.165) is 11.3 Å². The van der Waals surface area contributed by atoms with Gasteiger partial charge in [0, 0.05) is 19.3 Å². The second-order valence-corrected chi connectivity index (χ2v) is 4.87. The molecule has 0 atom stereocenters. The van der Waals surface area contributed by atoms with Gasteiger partial charge < -0.3 is 14.7 Å². The number of phenolic OH excluding ortho intramolecular Hbond substituents is 1. The standard InChI is InChI=1S/C15H15ClFNO2/c1-18(12-5-3-11(17)4-6-12)9-10-7-13(16)15(19)14(8-10)20-2/h3-8,19H,9H2,1-2H3. The molecule has 2 aromatic rings. The third kappa shape index (κ3) is 3.14. The van der Waals surface area contributed by atoms with E-state index in [-0.39, 0.29) is 16.6 Å². The van der Waals surface area contributed by atoms with Crippen molar-refractivity contribution in [3.8, 4) is 11.5 Å². The van der Waals surface area contributed by atoms with E-state index in [9.17, 15) is 9.50 Å². The summed E-state index contributed by atoms with van der Waals surface area (Å²) in [7, 11) is 3.36. The summed E-state index contributed by atoms with van der Waals surface area (Å²) in [5.74, 6) is -0.00106. The van der Waals surface area contributed by atoms with Gasteiger partial charge in [0.2, 0.25) is 0 Å². The Morgan fingerprint density at radius 2 is 1.90 bits per heavy atom. The van der Waals surface area contributed by atoms with Crippen LogP contribution in [0, 0.1) is 5.82 Å². The minimum absolute atomic E-state index is 0.0673. The third-order valence-electron chi connectivity index (χ3n) is 3.00. The Kier molecular flexibility index (Phi) is 4.35. The number of benzene rings is 2. The second kappa shape index (κ2) is 6.01. The molecule has 0 unspecified atom stereocenters. The molecule has 0 saturated carbocycles. The molecule has 0 spiro atoms. The van der Waals surface area contributed by atoms with Crippen LogP contribution in [-0.2, 0) is 6.54 Å². The zero-order valence-electron chi connectivity index (χ0n) is 11.2. The van der Waals surface area contributed by atoms with Crippen LogP contribution in [0.3, 0.4) is 0 Å². The predicted molar refractivity (Wildman–Crippen MR) is 78.2 cm³/mol. The highest BCUT2D eigenvalue weighted by atomic mass is 35.5. The molecular weight excluding hydrogens is 281 g/mol. The number of methoxy groups -OCH3 is 1. The van der Waals surface area contributed by atoms with Crippen LogP contribution in [0.15, 0.2) is 36.4 Å². The van der Waals surface area contributed by atoms with Crippen LogP contribution < -0.4 is 9.64 Å². The van der Waals surface area contributed by atoms with Crippen LogP contribution in [0.25, 0.3) is 0 Å². The highest BCUT2D eigenvalue weighted by molar-refractivity contribution is 6.32. The number of ether oxygens (including phenoxy) is 1. The van der Waals surface area contributed by atoms with Crippen LogP contribution in [-0.4, -0.2) is 19.3 Å². The molecule has 0 saturated heterocycles. The Balaban J connectivity index is 2.21. The van der Waals surface area contributed by atoms with Gasteiger partial charge >= 0.3 is 0 Å². The van der Waals surface area contributed by atoms with Crippen molar-refractivity contribution in [1.29, 1.82) is 0 Å². The second-order valence-electron chi connectivity index (χ2n) is 4.46. The largest absolute Gasteiger partial charge is 0.503 e. The highest BCUT2D eigenvalue weighted by Gasteiger charge is 2.10. The van der Waals surface area contributed by atoms with Gasteiger partial charge in [-0.2, -0.15) is 0 Å². The summed E-state index contributed by atoms with van der Waals surface area (Å²) < 4.78 is 18.0. The van der Waals surface area contributed by atoms with Gasteiger partial charge in [-0.3, -0.25) is 0 Å². The van der Waals surface area contributed by atoms with Gasteiger partial charge in [-0.05, 0) is 42.0 Å². The van der Waals surface area contributed by atoms with Gasteiger partial charge in [-0.1, -0.05) is 11.6 Å². The lowest BCUT2D eigenvalue weighted by atomic mass is 10.1. The van der Waals surface area contributed by atoms with E-state index in [0.29, 0.717) is 12.3 Å². The Morgan fingerprint density at radius 1 is 1.25 bits per heavy atom. The molecular formula is C15H15ClFNO2. The molecule has 2 aromatic carbocycles. The molecule has 1 N–H and O–H groups in total. The van der Waals surface area contributed by atoms with E-state index in [1.54, 1.807) is 24.3 Å². The number of rotatable bonds is 4. The zero-order chi connectivity index (χ0) is 14.7. The van der Waals surface area contributed by atoms with Crippen molar-refractivity contribution in [3.63, 3.8) is 0 Å². The Bertz CT molecular complexity index is 602. The van der Waals surface area contributed by atoms with Gasteiger partial charge in [0.15, 0.2) is 11.5 Å². The van der Waals surface area contributed by atoms with Crippen molar-refractivity contribution in [2.24, 2.45) is 0 Å². The summed E-state index contributed by atoms with van der Waals surface area (Å²) in [5.41, 5.74) is 1.77. The van der Waals surface area contributed by atoms with Crippen molar-refractivity contribution in [2.75, 3.05) is 19.1 Å². The Labute approximate surface area is 122 Å². The van der Waals surface area contributed by atoms with Crippen LogP contribution in [0.4, 0.5) is 10.1 Å². The number of halogens is 2. The molecule has 106 valence electrons. The predicted octanol–water partition coefficient (Wildman–Crippen LogP) is 3.83. The van der Waals surface area contributed by atoms with Gasteiger partial charge in [0.1, 0.15) is 5.82 Å². The summed E-state index contributed by atoms with van der Waals surface area (Å²) in [6.07, 6.45) is 0. The summed E-state index contributed by atoms with van der Waals surface area (Å²) >= 11 is 5.95. The third-order valence-corrected chi connectivity index (χ3v) is 3.28. The lowest BCUT2D eigenvalue weighted by Crippen LogP contribution is -2.16. The van der Waals surface area contributed by atoms with E-state index >= 15 is 0 Å². The number of nitrogens with zero attached hydrogens (tertiary/aromatic N) is 1. The van der Waals surface area contributed by atoms with Crippen molar-refractivity contribution in [2.45, 2.75) is 6.54 Å². The molecule has 3 nitrogen and oxygen atoms in total. The van der Waals surface area contributed by atoms with E-state index < -0.39 is 0 Å². The number of hydrogen-bond donors (Lipinski definition) is 1. The Hall–Kier alpha value is -1.94. The lowest BCUT2D eigenvalue weighted by Gasteiger charge is -2.20. The monoisotopic (exact) mass is 295 g/mol. The van der Waals surface area contributed by atoms with Crippen LogP contribution in [0.2, 0.25) is 5.02 Å². The molecule has 0 aliphatic rings. The Morgan fingerprint density at radius 3 is 2.50 bits per heavy atom. The summed E-state index contributed by atoms with van der Waals surface area (Å²) in [6, 6.07) is 9.64. The molecule has 2 rings (SSSR count). The summed E-state index contributed by atoms with van der Waals surface area (Å²) in [4.78, 5) is 1.95. The maximum absolute atomic E-state index is 12.9. The van der Waals surface area contributed by atoms with Crippen molar-refractivity contribution in [1.82, 2.24) is 0 Å². The first-order valence-corrected chi connectivity index (χ1v) is 6.41. The number of hydrogen-bond acceptors (Lipinski definition) is 3. The minimum Gasteiger partial charge on any atom is -0.503 e. The number of anilines is 1. The summed E-state index contributed by atoms with van der Waals surface area (Å²) in [6.45, 7) is 0.558. The summed E-state index contributed by atoms with van der Waals surface area (Å²) in [5, 5.41) is 9.93. The van der Waals surface area contributed by atoms with Crippen LogP contribution in [0.1, 0.15) is 5.56 Å². The minimum atomic E-state index is -0.267. The fourth-order valence-corrected chi connectivity index (χ4v) is 2.17. The van der Waals surface area contributed by atoms with E-state index in [1.807, 2.05) is 11.9 Å². The number of aromatic hydroxyl groups is 1. The maximum atomic E-state index is 12.9. The molecule has 0 amide bonds. The van der Waals surface area contributed by atoms with Gasteiger partial charge in [-0.15, -0.1) is 0 Å². The first-order chi connectivity index (χ1) is 9.51. The molecule has 0 aliphatic heterocycles. The molecule has 0 aromatic heterocycles. The maximum Gasteiger partial charge on any atom is 0.176 e. The average molecular weight is 296 g/mol. The molecule has 0 bridgehead atoms.